The van der Waals surface area contributed by atoms with E-state index in [1.54, 1.807) is 31.3 Å². The molecule has 1 atom stereocenters. The highest BCUT2D eigenvalue weighted by Gasteiger charge is 2.32. The predicted molar refractivity (Wildman–Crippen MR) is 142 cm³/mol. The fourth-order valence-corrected chi connectivity index (χ4v) is 4.11. The fraction of sp³-hybridized carbons (Fsp3) is 0.310. The smallest absolute Gasteiger partial charge is 0.247 e. The van der Waals surface area contributed by atoms with Crippen molar-refractivity contribution in [2.45, 2.75) is 32.9 Å². The summed E-state index contributed by atoms with van der Waals surface area (Å²) in [5, 5.41) is 3.66. The van der Waals surface area contributed by atoms with Gasteiger partial charge in [0.1, 0.15) is 6.04 Å². The number of hydrogen-bond donors (Lipinski definition) is 1. The summed E-state index contributed by atoms with van der Waals surface area (Å²) in [7, 11) is 3.19. The number of hydrogen-bond acceptors (Lipinski definition) is 4. The van der Waals surface area contributed by atoms with Crippen LogP contribution < -0.4 is 14.8 Å². The van der Waals surface area contributed by atoms with Gasteiger partial charge in [-0.3, -0.25) is 9.59 Å². The van der Waals surface area contributed by atoms with Crippen LogP contribution in [0.5, 0.6) is 11.5 Å². The molecule has 0 fully saturated rings. The van der Waals surface area contributed by atoms with Crippen LogP contribution in [0, 0.1) is 5.92 Å². The molecule has 0 aliphatic carbocycles. The third-order valence-electron chi connectivity index (χ3n) is 5.88. The number of benzene rings is 3. The Morgan fingerprint density at radius 2 is 1.53 bits per heavy atom. The Balaban J connectivity index is 1.83. The van der Waals surface area contributed by atoms with Crippen molar-refractivity contribution in [3.05, 3.63) is 94.5 Å². The van der Waals surface area contributed by atoms with E-state index in [9.17, 15) is 9.59 Å². The van der Waals surface area contributed by atoms with Gasteiger partial charge in [0.05, 0.1) is 14.2 Å². The van der Waals surface area contributed by atoms with Crippen LogP contribution in [0.1, 0.15) is 36.6 Å². The molecule has 3 aromatic carbocycles. The SMILES string of the molecule is COc1ccc(CCNC(=O)[C@H](c2ccccc2)N(Cc2ccc(Cl)cc2)C(=O)C(C)C)cc1OC. The lowest BCUT2D eigenvalue weighted by Crippen LogP contribution is -2.45. The Kier molecular flexibility index (Phi) is 9.77. The van der Waals surface area contributed by atoms with Crippen molar-refractivity contribution in [1.29, 1.82) is 0 Å². The first-order valence-electron chi connectivity index (χ1n) is 11.9. The van der Waals surface area contributed by atoms with Gasteiger partial charge in [-0.1, -0.05) is 74.0 Å². The van der Waals surface area contributed by atoms with Crippen LogP contribution >= 0.6 is 11.6 Å². The molecule has 0 aliphatic heterocycles. The molecule has 2 amide bonds. The maximum atomic E-state index is 13.6. The van der Waals surface area contributed by atoms with E-state index in [1.165, 1.54) is 0 Å². The molecule has 3 aromatic rings. The van der Waals surface area contributed by atoms with Crippen LogP contribution in [0.4, 0.5) is 0 Å². The molecule has 0 saturated heterocycles. The topological polar surface area (TPSA) is 67.9 Å². The lowest BCUT2D eigenvalue weighted by atomic mass is 10.0. The molecule has 3 rings (SSSR count). The van der Waals surface area contributed by atoms with Crippen molar-refractivity contribution in [1.82, 2.24) is 10.2 Å². The number of ether oxygens (including phenoxy) is 2. The van der Waals surface area contributed by atoms with Crippen LogP contribution in [-0.2, 0) is 22.6 Å². The van der Waals surface area contributed by atoms with Crippen LogP contribution in [0.15, 0.2) is 72.8 Å². The summed E-state index contributed by atoms with van der Waals surface area (Å²) < 4.78 is 10.7. The number of carbonyl (C=O) groups is 2. The number of methoxy groups -OCH3 is 2. The number of nitrogens with one attached hydrogen (secondary N) is 1. The molecule has 0 heterocycles. The third-order valence-corrected chi connectivity index (χ3v) is 6.13. The van der Waals surface area contributed by atoms with E-state index in [2.05, 4.69) is 5.32 Å². The number of nitrogens with zero attached hydrogens (tertiary/aromatic N) is 1. The molecule has 1 N–H and O–H groups in total. The molecule has 0 saturated carbocycles. The highest BCUT2D eigenvalue weighted by atomic mass is 35.5. The maximum absolute atomic E-state index is 13.6. The van der Waals surface area contributed by atoms with Gasteiger partial charge in [-0.05, 0) is 47.4 Å². The zero-order chi connectivity index (χ0) is 26.1. The van der Waals surface area contributed by atoms with Gasteiger partial charge >= 0.3 is 0 Å². The van der Waals surface area contributed by atoms with Gasteiger partial charge in [0.15, 0.2) is 11.5 Å². The summed E-state index contributed by atoms with van der Waals surface area (Å²) in [6.07, 6.45) is 0.600. The predicted octanol–water partition coefficient (Wildman–Crippen LogP) is 5.44. The lowest BCUT2D eigenvalue weighted by molar-refractivity contribution is -0.144. The van der Waals surface area contributed by atoms with Gasteiger partial charge in [0, 0.05) is 24.0 Å². The Labute approximate surface area is 218 Å². The molecule has 0 radical (unpaired) electrons. The summed E-state index contributed by atoms with van der Waals surface area (Å²) >= 11 is 6.05. The fourth-order valence-electron chi connectivity index (χ4n) is 3.99. The standard InChI is InChI=1S/C29H33ClN2O4/c1-20(2)29(34)32(19-22-10-13-24(30)14-11-22)27(23-8-6-5-7-9-23)28(33)31-17-16-21-12-15-25(35-3)26(18-21)36-4/h5-15,18,20,27H,16-17,19H2,1-4H3,(H,31,33)/t27-/m0/s1. The van der Waals surface area contributed by atoms with Gasteiger partial charge < -0.3 is 19.7 Å². The van der Waals surface area contributed by atoms with Crippen LogP contribution in [0.2, 0.25) is 5.02 Å². The largest absolute Gasteiger partial charge is 0.493 e. The lowest BCUT2D eigenvalue weighted by Gasteiger charge is -2.33. The van der Waals surface area contributed by atoms with Crippen LogP contribution in [-0.4, -0.2) is 37.5 Å². The molecule has 190 valence electrons. The van der Waals surface area contributed by atoms with E-state index in [1.807, 2.05) is 74.5 Å². The molecule has 36 heavy (non-hydrogen) atoms. The van der Waals surface area contributed by atoms with Crippen molar-refractivity contribution < 1.29 is 19.1 Å². The number of carbonyl (C=O) groups excluding carboxylic acids is 2. The Morgan fingerprint density at radius 3 is 2.14 bits per heavy atom. The second kappa shape index (κ2) is 13.0. The van der Waals surface area contributed by atoms with E-state index in [-0.39, 0.29) is 24.3 Å². The minimum atomic E-state index is -0.776. The molecule has 0 aromatic heterocycles. The van der Waals surface area contributed by atoms with E-state index in [4.69, 9.17) is 21.1 Å². The molecule has 6 nitrogen and oxygen atoms in total. The van der Waals surface area contributed by atoms with Crippen molar-refractivity contribution in [2.24, 2.45) is 5.92 Å². The second-order valence-corrected chi connectivity index (χ2v) is 9.23. The molecule has 0 unspecified atom stereocenters. The van der Waals surface area contributed by atoms with Crippen LogP contribution in [0.3, 0.4) is 0 Å². The highest BCUT2D eigenvalue weighted by molar-refractivity contribution is 6.30. The van der Waals surface area contributed by atoms with E-state index < -0.39 is 6.04 Å². The normalized spacial score (nSPS) is 11.6. The number of halogens is 1. The summed E-state index contributed by atoms with van der Waals surface area (Å²) in [5.74, 6) is 0.682. The average molecular weight is 509 g/mol. The number of amides is 2. The highest BCUT2D eigenvalue weighted by Crippen LogP contribution is 2.28. The van der Waals surface area contributed by atoms with E-state index in [0.717, 1.165) is 16.7 Å². The summed E-state index contributed by atoms with van der Waals surface area (Å²) in [5.41, 5.74) is 2.65. The quantitative estimate of drug-likeness (QED) is 0.374. The summed E-state index contributed by atoms with van der Waals surface area (Å²) in [6.45, 7) is 4.38. The molecule has 0 aliphatic rings. The molecular formula is C29H33ClN2O4. The zero-order valence-corrected chi connectivity index (χ0v) is 21.9. The first kappa shape index (κ1) is 27.1. The van der Waals surface area contributed by atoms with Gasteiger partial charge in [0.25, 0.3) is 0 Å². The molecule has 7 heteroatoms. The van der Waals surface area contributed by atoms with Gasteiger partial charge in [0.2, 0.25) is 11.8 Å². The molecule has 0 bridgehead atoms. The molecular weight excluding hydrogens is 476 g/mol. The number of rotatable bonds is 11. The Morgan fingerprint density at radius 1 is 0.889 bits per heavy atom. The Hall–Kier alpha value is -3.51. The zero-order valence-electron chi connectivity index (χ0n) is 21.2. The molecule has 0 spiro atoms. The van der Waals surface area contributed by atoms with Gasteiger partial charge in [-0.2, -0.15) is 0 Å². The summed E-state index contributed by atoms with van der Waals surface area (Å²) in [6, 6.07) is 21.6. The van der Waals surface area contributed by atoms with Crippen molar-refractivity contribution in [3.63, 3.8) is 0 Å². The first-order valence-corrected chi connectivity index (χ1v) is 12.3. The van der Waals surface area contributed by atoms with Gasteiger partial charge in [-0.25, -0.2) is 0 Å². The van der Waals surface area contributed by atoms with E-state index >= 15 is 0 Å². The average Bonchev–Trinajstić information content (AvgIpc) is 2.89. The summed E-state index contributed by atoms with van der Waals surface area (Å²) in [4.78, 5) is 28.6. The second-order valence-electron chi connectivity index (χ2n) is 8.79. The minimum absolute atomic E-state index is 0.103. The maximum Gasteiger partial charge on any atom is 0.247 e. The Bertz CT molecular complexity index is 1150. The monoisotopic (exact) mass is 508 g/mol. The van der Waals surface area contributed by atoms with E-state index in [0.29, 0.717) is 29.5 Å². The van der Waals surface area contributed by atoms with Crippen LogP contribution in [0.25, 0.3) is 0 Å². The third kappa shape index (κ3) is 7.01. The van der Waals surface area contributed by atoms with Crippen molar-refractivity contribution in [2.75, 3.05) is 20.8 Å². The van der Waals surface area contributed by atoms with Crippen molar-refractivity contribution in [3.8, 4) is 11.5 Å². The van der Waals surface area contributed by atoms with Gasteiger partial charge in [-0.15, -0.1) is 0 Å². The minimum Gasteiger partial charge on any atom is -0.493 e. The first-order chi connectivity index (χ1) is 17.3. The van der Waals surface area contributed by atoms with Crippen molar-refractivity contribution >= 4 is 23.4 Å².